The minimum atomic E-state index is -7.03. The zero-order valence-electron chi connectivity index (χ0n) is 12.2. The van der Waals surface area contributed by atoms with Crippen LogP contribution in [0, 0.1) is 0 Å². The van der Waals surface area contributed by atoms with E-state index >= 15 is 0 Å². The number of ether oxygens (including phenoxy) is 3. The van der Waals surface area contributed by atoms with Crippen molar-refractivity contribution in [1.29, 1.82) is 0 Å². The number of alkyl halides is 9. The molecule has 0 heterocycles. The van der Waals surface area contributed by atoms with Crippen molar-refractivity contribution in [3.8, 4) is 0 Å². The van der Waals surface area contributed by atoms with Crippen LogP contribution in [0.4, 0.5) is 43.9 Å². The van der Waals surface area contributed by atoms with E-state index in [1.165, 1.54) is 0 Å². The van der Waals surface area contributed by atoms with Crippen molar-refractivity contribution < 1.29 is 72.5 Å². The van der Waals surface area contributed by atoms with Crippen molar-refractivity contribution in [2.75, 3.05) is 14.2 Å². The van der Waals surface area contributed by atoms with E-state index < -0.39 is 47.7 Å². The van der Waals surface area contributed by atoms with E-state index in [9.17, 15) is 58.3 Å². The molecule has 1 unspecified atom stereocenters. The van der Waals surface area contributed by atoms with Gasteiger partial charge in [0.2, 0.25) is 0 Å². The molecule has 1 atom stereocenters. The number of hydrogen-bond donors (Lipinski definition) is 0. The molecule has 0 aromatic rings. The Kier molecular flexibility index (Phi) is 6.32. The maximum absolute atomic E-state index is 14.2. The third-order valence-corrected chi connectivity index (χ3v) is 2.59. The SMILES string of the molecule is COC(=O)C(F)(F)C(F)(OC(F)(C(=O)F)C(F)(F)F)C(F)(F)C(=O)OC. The lowest BCUT2D eigenvalue weighted by molar-refractivity contribution is -0.429. The summed E-state index contributed by atoms with van der Waals surface area (Å²) in [6.45, 7) is 0. The van der Waals surface area contributed by atoms with E-state index in [0.717, 1.165) is 0 Å². The highest BCUT2D eigenvalue weighted by molar-refractivity contribution is 5.85. The molecule has 0 aliphatic carbocycles. The highest BCUT2D eigenvalue weighted by atomic mass is 19.4. The highest BCUT2D eigenvalue weighted by Gasteiger charge is 2.84. The van der Waals surface area contributed by atoms with E-state index in [-0.39, 0.29) is 14.2 Å². The van der Waals surface area contributed by atoms with Crippen LogP contribution in [-0.2, 0) is 28.6 Å². The molecule has 16 heteroatoms. The smallest absolute Gasteiger partial charge is 0.459 e. The van der Waals surface area contributed by atoms with E-state index in [2.05, 4.69) is 14.2 Å². The van der Waals surface area contributed by atoms with Crippen LogP contribution in [0.2, 0.25) is 0 Å². The normalized spacial score (nSPS) is 15.8. The van der Waals surface area contributed by atoms with Gasteiger partial charge in [0.25, 0.3) is 0 Å². The summed E-state index contributed by atoms with van der Waals surface area (Å²) in [5, 5.41) is 0. The topological polar surface area (TPSA) is 78.9 Å². The Balaban J connectivity index is 6.78. The molecule has 152 valence electrons. The van der Waals surface area contributed by atoms with Gasteiger partial charge < -0.3 is 9.47 Å². The molecule has 0 aliphatic heterocycles. The van der Waals surface area contributed by atoms with Crippen LogP contribution in [0.1, 0.15) is 0 Å². The molecule has 0 spiro atoms. The fourth-order valence-electron chi connectivity index (χ4n) is 1.25. The highest BCUT2D eigenvalue weighted by Crippen LogP contribution is 2.51. The van der Waals surface area contributed by atoms with E-state index in [0.29, 0.717) is 0 Å². The number of halogens is 10. The van der Waals surface area contributed by atoms with Crippen molar-refractivity contribution in [3.63, 3.8) is 0 Å². The lowest BCUT2D eigenvalue weighted by Crippen LogP contribution is -2.70. The van der Waals surface area contributed by atoms with Crippen LogP contribution in [0.3, 0.4) is 0 Å². The first-order chi connectivity index (χ1) is 11.4. The molecule has 6 nitrogen and oxygen atoms in total. The minimum Gasteiger partial charge on any atom is -0.464 e. The number of hydrogen-bond acceptors (Lipinski definition) is 6. The standard InChI is InChI=1S/C10H6F10O6/c1-24-4(22)6(12,13)9(17,7(14,15)5(23)25-2)26-8(16,3(11)21)10(18,19)20/h1-2H3. The van der Waals surface area contributed by atoms with Gasteiger partial charge in [0, 0.05) is 0 Å². The van der Waals surface area contributed by atoms with Gasteiger partial charge in [0.05, 0.1) is 14.2 Å². The van der Waals surface area contributed by atoms with E-state index in [4.69, 9.17) is 0 Å². The van der Waals surface area contributed by atoms with Gasteiger partial charge in [-0.1, -0.05) is 0 Å². The average molecular weight is 412 g/mol. The second-order valence-corrected chi connectivity index (χ2v) is 4.20. The summed E-state index contributed by atoms with van der Waals surface area (Å²) in [5.74, 6) is -33.6. The maximum atomic E-state index is 14.2. The Morgan fingerprint density at radius 1 is 0.692 bits per heavy atom. The Morgan fingerprint density at radius 3 is 1.19 bits per heavy atom. The van der Waals surface area contributed by atoms with Crippen LogP contribution in [0.5, 0.6) is 0 Å². The van der Waals surface area contributed by atoms with Crippen molar-refractivity contribution in [2.45, 2.75) is 29.7 Å². The average Bonchev–Trinajstić information content (AvgIpc) is 2.50. The number of carbonyl (C=O) groups is 3. The third kappa shape index (κ3) is 3.41. The molecule has 0 aliphatic rings. The fraction of sp³-hybridized carbons (Fsp3) is 0.700. The second kappa shape index (κ2) is 6.88. The van der Waals surface area contributed by atoms with Crippen LogP contribution in [-0.4, -0.2) is 61.9 Å². The minimum absolute atomic E-state index is 0.000287. The summed E-state index contributed by atoms with van der Waals surface area (Å²) in [4.78, 5) is 31.7. The largest absolute Gasteiger partial charge is 0.464 e. The molecule has 0 bridgehead atoms. The molecule has 0 fully saturated rings. The van der Waals surface area contributed by atoms with Crippen molar-refractivity contribution in [1.82, 2.24) is 0 Å². The molecular weight excluding hydrogens is 406 g/mol. The molecule has 0 N–H and O–H groups in total. The zero-order valence-corrected chi connectivity index (χ0v) is 12.2. The van der Waals surface area contributed by atoms with Gasteiger partial charge in [-0.05, 0) is 0 Å². The first kappa shape index (κ1) is 23.9. The molecule has 0 saturated carbocycles. The van der Waals surface area contributed by atoms with Crippen molar-refractivity contribution in [3.05, 3.63) is 0 Å². The summed E-state index contributed by atoms with van der Waals surface area (Å²) in [7, 11) is -0.000574. The summed E-state index contributed by atoms with van der Waals surface area (Å²) < 4.78 is 140. The summed E-state index contributed by atoms with van der Waals surface area (Å²) in [6.07, 6.45) is -7.03. The number of rotatable bonds is 7. The molecule has 0 radical (unpaired) electrons. The fourth-order valence-corrected chi connectivity index (χ4v) is 1.25. The molecule has 0 saturated heterocycles. The quantitative estimate of drug-likeness (QED) is 0.362. The number of methoxy groups -OCH3 is 2. The number of carbonyl (C=O) groups excluding carboxylic acids is 3. The predicted molar refractivity (Wildman–Crippen MR) is 54.9 cm³/mol. The molecule has 0 amide bonds. The predicted octanol–water partition coefficient (Wildman–Crippen LogP) is 2.01. The Hall–Kier alpha value is -2.13. The van der Waals surface area contributed by atoms with Gasteiger partial charge in [-0.3, -0.25) is 9.53 Å². The van der Waals surface area contributed by atoms with E-state index in [1.54, 1.807) is 0 Å². The van der Waals surface area contributed by atoms with Crippen LogP contribution >= 0.6 is 0 Å². The molecular formula is C10H6F10O6. The van der Waals surface area contributed by atoms with Gasteiger partial charge in [-0.25, -0.2) is 9.59 Å². The molecule has 0 aromatic heterocycles. The van der Waals surface area contributed by atoms with Gasteiger partial charge in [-0.15, -0.1) is 0 Å². The molecule has 0 aromatic carbocycles. The summed E-state index contributed by atoms with van der Waals surface area (Å²) in [5.41, 5.74) is 0. The monoisotopic (exact) mass is 412 g/mol. The summed E-state index contributed by atoms with van der Waals surface area (Å²) in [6, 6.07) is -4.40. The van der Waals surface area contributed by atoms with Gasteiger partial charge in [0.1, 0.15) is 0 Å². The Bertz CT molecular complexity index is 559. The van der Waals surface area contributed by atoms with Crippen LogP contribution in [0.15, 0.2) is 0 Å². The Morgan fingerprint density at radius 2 is 1.00 bits per heavy atom. The van der Waals surface area contributed by atoms with Crippen molar-refractivity contribution >= 4 is 18.0 Å². The van der Waals surface area contributed by atoms with Gasteiger partial charge >= 0.3 is 47.7 Å². The van der Waals surface area contributed by atoms with Gasteiger partial charge in [-0.2, -0.15) is 43.9 Å². The molecule has 0 rings (SSSR count). The Labute approximate surface area is 136 Å². The van der Waals surface area contributed by atoms with E-state index in [1.807, 2.05) is 0 Å². The van der Waals surface area contributed by atoms with Crippen LogP contribution < -0.4 is 0 Å². The first-order valence-electron chi connectivity index (χ1n) is 5.64. The van der Waals surface area contributed by atoms with Crippen LogP contribution in [0.25, 0.3) is 0 Å². The third-order valence-electron chi connectivity index (χ3n) is 2.59. The maximum Gasteiger partial charge on any atom is 0.459 e. The number of esters is 2. The lowest BCUT2D eigenvalue weighted by atomic mass is 10.0. The first-order valence-corrected chi connectivity index (χ1v) is 5.64. The zero-order chi connectivity index (χ0) is 21.4. The molecule has 26 heavy (non-hydrogen) atoms. The van der Waals surface area contributed by atoms with Crippen molar-refractivity contribution in [2.24, 2.45) is 0 Å². The summed E-state index contributed by atoms with van der Waals surface area (Å²) >= 11 is 0. The van der Waals surface area contributed by atoms with Gasteiger partial charge in [0.15, 0.2) is 0 Å². The lowest BCUT2D eigenvalue weighted by Gasteiger charge is -2.38. The second-order valence-electron chi connectivity index (χ2n) is 4.20.